The van der Waals surface area contributed by atoms with Gasteiger partial charge in [-0.05, 0) is 24.3 Å². The van der Waals surface area contributed by atoms with Crippen molar-refractivity contribution in [3.63, 3.8) is 0 Å². The summed E-state index contributed by atoms with van der Waals surface area (Å²) in [6.45, 7) is 0. The maximum Gasteiger partial charge on any atom is 0.137 e. The molecular formula is C21H17N5O. The molecule has 6 nitrogen and oxygen atoms in total. The van der Waals surface area contributed by atoms with Gasteiger partial charge >= 0.3 is 0 Å². The van der Waals surface area contributed by atoms with Crippen LogP contribution in [0.1, 0.15) is 0 Å². The number of rotatable bonds is 3. The number of hydrogen-bond donors (Lipinski definition) is 3. The summed E-state index contributed by atoms with van der Waals surface area (Å²) in [6, 6.07) is 13.9. The fraction of sp³-hybridized carbons (Fsp3) is 0.0476. The predicted octanol–water partition coefficient (Wildman–Crippen LogP) is 4.36. The zero-order valence-corrected chi connectivity index (χ0v) is 14.7. The van der Waals surface area contributed by atoms with Crippen LogP contribution in [0.15, 0.2) is 61.2 Å². The van der Waals surface area contributed by atoms with Crippen molar-refractivity contribution in [1.29, 1.82) is 0 Å². The molecule has 6 heteroatoms. The number of H-pyrrole nitrogens is 2. The maximum absolute atomic E-state index is 6.28. The second-order valence-corrected chi connectivity index (χ2v) is 6.35. The molecule has 3 heterocycles. The first-order valence-corrected chi connectivity index (χ1v) is 8.58. The highest BCUT2D eigenvalue weighted by molar-refractivity contribution is 6.02. The first-order valence-electron chi connectivity index (χ1n) is 8.58. The number of aromatic amines is 2. The molecule has 0 radical (unpaired) electrons. The highest BCUT2D eigenvalue weighted by Gasteiger charge is 2.15. The molecule has 5 aromatic rings. The number of ether oxygens (including phenoxy) is 1. The number of methoxy groups -OCH3 is 1. The summed E-state index contributed by atoms with van der Waals surface area (Å²) in [5.41, 5.74) is 13.4. The second kappa shape index (κ2) is 5.88. The van der Waals surface area contributed by atoms with Crippen molar-refractivity contribution in [3.05, 3.63) is 61.2 Å². The number of nitrogens with one attached hydrogen (secondary N) is 2. The molecular weight excluding hydrogens is 338 g/mol. The highest BCUT2D eigenvalue weighted by Crippen LogP contribution is 2.38. The Hall–Kier alpha value is -3.80. The molecule has 0 aliphatic rings. The van der Waals surface area contributed by atoms with Gasteiger partial charge in [0.05, 0.1) is 24.5 Å². The average molecular weight is 355 g/mol. The topological polar surface area (TPSA) is 92.6 Å². The predicted molar refractivity (Wildman–Crippen MR) is 108 cm³/mol. The lowest BCUT2D eigenvalue weighted by molar-refractivity contribution is 0.416. The average Bonchev–Trinajstić information content (AvgIpc) is 3.34. The van der Waals surface area contributed by atoms with Crippen LogP contribution in [0.3, 0.4) is 0 Å². The zero-order chi connectivity index (χ0) is 18.4. The number of benzene rings is 2. The van der Waals surface area contributed by atoms with Crippen molar-refractivity contribution in [3.8, 4) is 28.0 Å². The van der Waals surface area contributed by atoms with Crippen LogP contribution in [0, 0.1) is 0 Å². The molecule has 0 saturated carbocycles. The smallest absolute Gasteiger partial charge is 0.137 e. The number of nitrogens with two attached hydrogens (primary N) is 1. The third-order valence-corrected chi connectivity index (χ3v) is 4.84. The maximum atomic E-state index is 6.28. The molecule has 0 aliphatic carbocycles. The summed E-state index contributed by atoms with van der Waals surface area (Å²) < 4.78 is 5.53. The molecule has 0 fully saturated rings. The van der Waals surface area contributed by atoms with Crippen LogP contribution in [0.4, 0.5) is 5.69 Å². The second-order valence-electron chi connectivity index (χ2n) is 6.35. The first-order chi connectivity index (χ1) is 13.3. The summed E-state index contributed by atoms with van der Waals surface area (Å²) >= 11 is 0. The van der Waals surface area contributed by atoms with E-state index in [9.17, 15) is 0 Å². The van der Waals surface area contributed by atoms with Crippen LogP contribution in [0.25, 0.3) is 44.3 Å². The molecule has 0 atom stereocenters. The van der Waals surface area contributed by atoms with Gasteiger partial charge in [0.15, 0.2) is 0 Å². The van der Waals surface area contributed by atoms with Crippen LogP contribution < -0.4 is 10.5 Å². The van der Waals surface area contributed by atoms with Crippen LogP contribution in [-0.2, 0) is 0 Å². The normalized spacial score (nSPS) is 11.3. The standard InChI is InChI=1S/C21H17N5O/c1-27-18-5-3-2-4-13(18)15-10-24-21-14(15)8-12(9-23-21)19-16(22)6-7-17-20(19)26-11-25-17/h2-11H,22H2,1H3,(H,23,24)(H,25,26). The zero-order valence-electron chi connectivity index (χ0n) is 14.7. The van der Waals surface area contributed by atoms with E-state index in [1.54, 1.807) is 13.4 Å². The van der Waals surface area contributed by atoms with Gasteiger partial charge in [-0.25, -0.2) is 9.97 Å². The van der Waals surface area contributed by atoms with Crippen LogP contribution >= 0.6 is 0 Å². The number of nitrogens with zero attached hydrogens (tertiary/aromatic N) is 2. The Morgan fingerprint density at radius 2 is 1.89 bits per heavy atom. The monoisotopic (exact) mass is 355 g/mol. The third kappa shape index (κ3) is 2.34. The molecule has 0 amide bonds. The van der Waals surface area contributed by atoms with E-state index in [0.717, 1.165) is 50.1 Å². The Bertz CT molecular complexity index is 1280. The van der Waals surface area contributed by atoms with Crippen molar-refractivity contribution in [2.45, 2.75) is 0 Å². The van der Waals surface area contributed by atoms with Crippen LogP contribution in [0.2, 0.25) is 0 Å². The Morgan fingerprint density at radius 1 is 1.00 bits per heavy atom. The highest BCUT2D eigenvalue weighted by atomic mass is 16.5. The Labute approximate surface area is 155 Å². The van der Waals surface area contributed by atoms with E-state index in [4.69, 9.17) is 10.5 Å². The number of aromatic nitrogens is 4. The van der Waals surface area contributed by atoms with Gasteiger partial charge in [-0.1, -0.05) is 18.2 Å². The minimum atomic E-state index is 0.671. The number of fused-ring (bicyclic) bond motifs is 2. The van der Waals surface area contributed by atoms with Gasteiger partial charge in [0, 0.05) is 45.7 Å². The lowest BCUT2D eigenvalue weighted by Gasteiger charge is -2.09. The molecule has 132 valence electrons. The van der Waals surface area contributed by atoms with E-state index in [1.165, 1.54) is 0 Å². The summed E-state index contributed by atoms with van der Waals surface area (Å²) in [5.74, 6) is 0.817. The Balaban J connectivity index is 1.77. The largest absolute Gasteiger partial charge is 0.496 e. The molecule has 0 saturated heterocycles. The summed E-state index contributed by atoms with van der Waals surface area (Å²) in [7, 11) is 1.68. The van der Waals surface area contributed by atoms with Crippen molar-refractivity contribution >= 4 is 27.8 Å². The van der Waals surface area contributed by atoms with Crippen molar-refractivity contribution in [2.75, 3.05) is 12.8 Å². The Morgan fingerprint density at radius 3 is 2.78 bits per heavy atom. The van der Waals surface area contributed by atoms with Crippen LogP contribution in [0.5, 0.6) is 5.75 Å². The van der Waals surface area contributed by atoms with Crippen molar-refractivity contribution in [2.24, 2.45) is 0 Å². The molecule has 4 N–H and O–H groups in total. The van der Waals surface area contributed by atoms with Crippen molar-refractivity contribution < 1.29 is 4.74 Å². The van der Waals surface area contributed by atoms with Crippen molar-refractivity contribution in [1.82, 2.24) is 19.9 Å². The molecule has 0 spiro atoms. The minimum absolute atomic E-state index is 0.671. The van der Waals surface area contributed by atoms with Crippen LogP contribution in [-0.4, -0.2) is 27.0 Å². The molecule has 0 bridgehead atoms. The van der Waals surface area contributed by atoms with E-state index in [0.29, 0.717) is 5.69 Å². The van der Waals surface area contributed by atoms with Gasteiger partial charge in [-0.2, -0.15) is 0 Å². The van der Waals surface area contributed by atoms with E-state index in [2.05, 4.69) is 26.0 Å². The molecule has 0 aliphatic heterocycles. The fourth-order valence-electron chi connectivity index (χ4n) is 3.56. The number of para-hydroxylation sites is 1. The van der Waals surface area contributed by atoms with E-state index in [-0.39, 0.29) is 0 Å². The van der Waals surface area contributed by atoms with Gasteiger partial charge in [-0.15, -0.1) is 0 Å². The van der Waals surface area contributed by atoms with Gasteiger partial charge in [0.2, 0.25) is 0 Å². The molecule has 27 heavy (non-hydrogen) atoms. The number of hydrogen-bond acceptors (Lipinski definition) is 4. The van der Waals surface area contributed by atoms with E-state index >= 15 is 0 Å². The lowest BCUT2D eigenvalue weighted by atomic mass is 10.00. The summed E-state index contributed by atoms with van der Waals surface area (Å²) in [5, 5.41) is 1.00. The molecule has 2 aromatic carbocycles. The quantitative estimate of drug-likeness (QED) is 0.419. The number of anilines is 1. The fourth-order valence-corrected chi connectivity index (χ4v) is 3.56. The molecule has 0 unspecified atom stereocenters. The van der Waals surface area contributed by atoms with Gasteiger partial charge in [0.1, 0.15) is 11.4 Å². The Kier molecular flexibility index (Phi) is 3.36. The number of pyridine rings is 1. The van der Waals surface area contributed by atoms with Gasteiger partial charge in [-0.3, -0.25) is 0 Å². The van der Waals surface area contributed by atoms with E-state index < -0.39 is 0 Å². The van der Waals surface area contributed by atoms with E-state index in [1.807, 2.05) is 48.8 Å². The summed E-state index contributed by atoms with van der Waals surface area (Å²) in [4.78, 5) is 15.4. The van der Waals surface area contributed by atoms with Gasteiger partial charge < -0.3 is 20.4 Å². The molecule has 3 aromatic heterocycles. The lowest BCUT2D eigenvalue weighted by Crippen LogP contribution is -1.92. The first kappa shape index (κ1) is 15.5. The number of nitrogen functional groups attached to an aromatic ring is 1. The third-order valence-electron chi connectivity index (χ3n) is 4.84. The minimum Gasteiger partial charge on any atom is -0.496 e. The number of imidazole rings is 1. The van der Waals surface area contributed by atoms with Gasteiger partial charge in [0.25, 0.3) is 0 Å². The summed E-state index contributed by atoms with van der Waals surface area (Å²) in [6.07, 6.45) is 5.46. The SMILES string of the molecule is COc1ccccc1-c1c[nH]c2ncc(-c3c(N)ccc4[nH]cnc34)cc12. The molecule has 5 rings (SSSR count).